The van der Waals surface area contributed by atoms with Crippen LogP contribution in [0.3, 0.4) is 0 Å². The van der Waals surface area contributed by atoms with E-state index in [1.807, 2.05) is 13.8 Å². The van der Waals surface area contributed by atoms with E-state index in [2.05, 4.69) is 73.6 Å². The zero-order valence-electron chi connectivity index (χ0n) is 21.6. The summed E-state index contributed by atoms with van der Waals surface area (Å²) < 4.78 is 0. The Bertz CT molecular complexity index is 1070. The van der Waals surface area contributed by atoms with Gasteiger partial charge in [0.1, 0.15) is 0 Å². The smallest absolute Gasteiger partial charge is 0.336 e. The molecule has 1 aromatic rings. The standard InChI is InChI=1S/C29H39BO2/c1-15-11-17(3)26(18(4)12-15)30(27-19(5)13-16(2)14-20(27)6)28-23(9)21(7)25(29(31)32)22(8)24(28)10/h11-13,16-17,26H,14H2,1-10H3,(H,31,32). The highest BCUT2D eigenvalue weighted by atomic mass is 16.4. The fourth-order valence-electron chi connectivity index (χ4n) is 6.65. The van der Waals surface area contributed by atoms with E-state index in [0.717, 1.165) is 28.7 Å². The number of hydrogen-bond donors (Lipinski definition) is 1. The third kappa shape index (κ3) is 4.07. The largest absolute Gasteiger partial charge is 0.478 e. The Balaban J connectivity index is 2.39. The summed E-state index contributed by atoms with van der Waals surface area (Å²) in [6.07, 6.45) is 8.26. The Morgan fingerprint density at radius 3 is 1.94 bits per heavy atom. The van der Waals surface area contributed by atoms with E-state index in [0.29, 0.717) is 23.2 Å². The van der Waals surface area contributed by atoms with Crippen molar-refractivity contribution in [2.45, 2.75) is 81.5 Å². The van der Waals surface area contributed by atoms with Crippen LogP contribution in [0.2, 0.25) is 5.82 Å². The van der Waals surface area contributed by atoms with Crippen molar-refractivity contribution < 1.29 is 9.90 Å². The molecule has 3 rings (SSSR count). The molecule has 32 heavy (non-hydrogen) atoms. The van der Waals surface area contributed by atoms with Crippen LogP contribution < -0.4 is 5.46 Å². The fraction of sp³-hybridized carbons (Fsp3) is 0.483. The summed E-state index contributed by atoms with van der Waals surface area (Å²) in [5.41, 5.74) is 13.0. The second-order valence-corrected chi connectivity index (χ2v) is 10.5. The number of allylic oxidation sites excluding steroid dienone is 8. The highest BCUT2D eigenvalue weighted by molar-refractivity contribution is 6.83. The van der Waals surface area contributed by atoms with Gasteiger partial charge in [-0.05, 0) is 90.6 Å². The van der Waals surface area contributed by atoms with Crippen molar-refractivity contribution in [3.8, 4) is 0 Å². The molecule has 0 spiro atoms. The number of carboxylic acids is 1. The summed E-state index contributed by atoms with van der Waals surface area (Å²) in [5.74, 6) is 0.498. The van der Waals surface area contributed by atoms with E-state index in [1.165, 1.54) is 33.2 Å². The quantitative estimate of drug-likeness (QED) is 0.519. The summed E-state index contributed by atoms with van der Waals surface area (Å²) in [5, 5.41) is 9.91. The second-order valence-electron chi connectivity index (χ2n) is 10.5. The van der Waals surface area contributed by atoms with Crippen molar-refractivity contribution in [1.29, 1.82) is 0 Å². The molecule has 0 aromatic heterocycles. The third-order valence-corrected chi connectivity index (χ3v) is 8.00. The van der Waals surface area contributed by atoms with Crippen LogP contribution in [0.25, 0.3) is 0 Å². The molecule has 0 fully saturated rings. The SMILES string of the molecule is CC1=CC(C)C(B(C2=C(C)CC(C)C=C2C)c2c(C)c(C)c(C(=O)O)c(C)c2C)C(C)=C1. The number of carboxylic acid groups (broad SMARTS) is 1. The van der Waals surface area contributed by atoms with Crippen LogP contribution in [0.4, 0.5) is 0 Å². The van der Waals surface area contributed by atoms with Gasteiger partial charge in [0.2, 0.25) is 6.71 Å². The molecule has 1 N–H and O–H groups in total. The first-order valence-electron chi connectivity index (χ1n) is 11.9. The zero-order valence-corrected chi connectivity index (χ0v) is 21.6. The molecule has 3 heteroatoms. The molecule has 0 saturated heterocycles. The molecule has 2 aliphatic carbocycles. The van der Waals surface area contributed by atoms with Gasteiger partial charge < -0.3 is 5.11 Å². The number of rotatable bonds is 4. The molecule has 0 saturated carbocycles. The first-order chi connectivity index (χ1) is 14.9. The van der Waals surface area contributed by atoms with E-state index in [-0.39, 0.29) is 6.71 Å². The van der Waals surface area contributed by atoms with Gasteiger partial charge >= 0.3 is 5.97 Å². The number of carbonyl (C=O) groups is 1. The van der Waals surface area contributed by atoms with Crippen molar-refractivity contribution in [3.63, 3.8) is 0 Å². The number of hydrogen-bond acceptors (Lipinski definition) is 1. The molecule has 2 nitrogen and oxygen atoms in total. The van der Waals surface area contributed by atoms with Crippen LogP contribution in [0.1, 0.15) is 80.6 Å². The van der Waals surface area contributed by atoms with E-state index in [1.54, 1.807) is 0 Å². The van der Waals surface area contributed by atoms with Gasteiger partial charge in [0.05, 0.1) is 5.56 Å². The maximum absolute atomic E-state index is 12.1. The number of benzene rings is 1. The lowest BCUT2D eigenvalue weighted by molar-refractivity contribution is 0.0695. The average Bonchev–Trinajstić information content (AvgIpc) is 2.64. The summed E-state index contributed by atoms with van der Waals surface area (Å²) in [7, 11) is 0. The summed E-state index contributed by atoms with van der Waals surface area (Å²) >= 11 is 0. The molecule has 0 aliphatic heterocycles. The number of aromatic carboxylic acids is 1. The molecule has 0 amide bonds. The molecule has 1 aromatic carbocycles. The van der Waals surface area contributed by atoms with Crippen molar-refractivity contribution in [1.82, 2.24) is 0 Å². The minimum absolute atomic E-state index is 0.217. The Hall–Kier alpha value is -2.29. The molecule has 0 bridgehead atoms. The highest BCUT2D eigenvalue weighted by Crippen LogP contribution is 2.43. The van der Waals surface area contributed by atoms with Crippen molar-refractivity contribution in [3.05, 3.63) is 73.8 Å². The fourth-order valence-corrected chi connectivity index (χ4v) is 6.65. The molecule has 3 unspecified atom stereocenters. The van der Waals surface area contributed by atoms with Gasteiger partial charge in [-0.3, -0.25) is 0 Å². The average molecular weight is 430 g/mol. The van der Waals surface area contributed by atoms with E-state index < -0.39 is 5.97 Å². The monoisotopic (exact) mass is 430 g/mol. The van der Waals surface area contributed by atoms with Crippen LogP contribution in [0.5, 0.6) is 0 Å². The van der Waals surface area contributed by atoms with Crippen LogP contribution in [0, 0.1) is 39.5 Å². The van der Waals surface area contributed by atoms with Crippen molar-refractivity contribution >= 4 is 18.1 Å². The summed E-state index contributed by atoms with van der Waals surface area (Å²) in [6, 6.07) is 0. The molecule has 2 aliphatic rings. The highest BCUT2D eigenvalue weighted by Gasteiger charge is 2.41. The van der Waals surface area contributed by atoms with Crippen LogP contribution >= 0.6 is 0 Å². The van der Waals surface area contributed by atoms with Crippen LogP contribution in [-0.2, 0) is 0 Å². The van der Waals surface area contributed by atoms with Gasteiger partial charge in [0.25, 0.3) is 0 Å². The maximum Gasteiger partial charge on any atom is 0.336 e. The summed E-state index contributed by atoms with van der Waals surface area (Å²) in [4.78, 5) is 12.1. The van der Waals surface area contributed by atoms with Crippen LogP contribution in [0.15, 0.2) is 46.0 Å². The van der Waals surface area contributed by atoms with Gasteiger partial charge in [0, 0.05) is 0 Å². The maximum atomic E-state index is 12.1. The zero-order chi connectivity index (χ0) is 24.1. The lowest BCUT2D eigenvalue weighted by atomic mass is 9.27. The normalized spacial score (nSPS) is 23.6. The Morgan fingerprint density at radius 1 is 0.906 bits per heavy atom. The van der Waals surface area contributed by atoms with Gasteiger partial charge in [-0.25, -0.2) is 4.79 Å². The molecular formula is C29H39BO2. The predicted molar refractivity (Wildman–Crippen MR) is 138 cm³/mol. The lowest BCUT2D eigenvalue weighted by Gasteiger charge is -2.39. The minimum atomic E-state index is -0.826. The molecule has 3 atom stereocenters. The topological polar surface area (TPSA) is 37.3 Å². The van der Waals surface area contributed by atoms with E-state index in [9.17, 15) is 9.90 Å². The second kappa shape index (κ2) is 8.92. The minimum Gasteiger partial charge on any atom is -0.478 e. The molecule has 0 radical (unpaired) electrons. The van der Waals surface area contributed by atoms with Gasteiger partial charge in [-0.15, -0.1) is 0 Å². The first kappa shape index (κ1) is 24.4. The molecular weight excluding hydrogens is 391 g/mol. The molecule has 170 valence electrons. The van der Waals surface area contributed by atoms with Crippen LogP contribution in [-0.4, -0.2) is 17.8 Å². The van der Waals surface area contributed by atoms with Crippen molar-refractivity contribution in [2.75, 3.05) is 0 Å². The predicted octanol–water partition coefficient (Wildman–Crippen LogP) is 7.07. The van der Waals surface area contributed by atoms with Gasteiger partial charge in [-0.2, -0.15) is 0 Å². The van der Waals surface area contributed by atoms with Gasteiger partial charge in [-0.1, -0.05) is 76.4 Å². The van der Waals surface area contributed by atoms with Crippen molar-refractivity contribution in [2.24, 2.45) is 11.8 Å². The Kier molecular flexibility index (Phi) is 6.79. The third-order valence-electron chi connectivity index (χ3n) is 8.00. The van der Waals surface area contributed by atoms with Gasteiger partial charge in [0.15, 0.2) is 0 Å². The lowest BCUT2D eigenvalue weighted by Crippen LogP contribution is -2.46. The first-order valence-corrected chi connectivity index (χ1v) is 11.9. The van der Waals surface area contributed by atoms with E-state index >= 15 is 0 Å². The summed E-state index contributed by atoms with van der Waals surface area (Å²) in [6.45, 7) is 22.1. The van der Waals surface area contributed by atoms with E-state index in [4.69, 9.17) is 0 Å². The Labute approximate surface area is 195 Å². The molecule has 0 heterocycles. The Morgan fingerprint density at radius 2 is 1.47 bits per heavy atom.